The van der Waals surface area contributed by atoms with Crippen LogP contribution in [0.2, 0.25) is 0 Å². The highest BCUT2D eigenvalue weighted by atomic mass is 35.5. The van der Waals surface area contributed by atoms with E-state index in [1.807, 2.05) is 0 Å². The summed E-state index contributed by atoms with van der Waals surface area (Å²) in [6.45, 7) is 1.16. The van der Waals surface area contributed by atoms with Gasteiger partial charge in [0.25, 0.3) is 6.43 Å². The van der Waals surface area contributed by atoms with Crippen LogP contribution in [0.1, 0.15) is 0 Å². The minimum Gasteiger partial charge on any atom is -0.488 e. The van der Waals surface area contributed by atoms with E-state index in [1.165, 1.54) is 24.3 Å². The van der Waals surface area contributed by atoms with Crippen molar-refractivity contribution in [1.29, 1.82) is 0 Å². The molecule has 0 aliphatic heterocycles. The van der Waals surface area contributed by atoms with Crippen molar-refractivity contribution in [3.8, 4) is 5.75 Å². The SMILES string of the molecule is COCCNCCNS(=O)(=O)c1ccc(OCC(F)F)cc1.Cl. The number of sulfonamides is 1. The molecule has 0 unspecified atom stereocenters. The number of ether oxygens (including phenoxy) is 2. The molecular weight excluding hydrogens is 354 g/mol. The molecule has 23 heavy (non-hydrogen) atoms. The number of nitrogens with one attached hydrogen (secondary N) is 2. The molecule has 0 amide bonds. The van der Waals surface area contributed by atoms with E-state index in [0.29, 0.717) is 19.7 Å². The minimum atomic E-state index is -3.63. The maximum absolute atomic E-state index is 12.0. The van der Waals surface area contributed by atoms with Crippen LogP contribution in [0.3, 0.4) is 0 Å². The molecule has 0 bridgehead atoms. The molecule has 0 spiro atoms. The lowest BCUT2D eigenvalue weighted by molar-refractivity contribution is 0.0819. The summed E-state index contributed by atoms with van der Waals surface area (Å²) in [5, 5.41) is 3.00. The van der Waals surface area contributed by atoms with Crippen LogP contribution in [0.25, 0.3) is 0 Å². The lowest BCUT2D eigenvalue weighted by Crippen LogP contribution is -2.33. The molecule has 0 heterocycles. The van der Waals surface area contributed by atoms with Gasteiger partial charge in [-0.1, -0.05) is 0 Å². The lowest BCUT2D eigenvalue weighted by atomic mass is 10.3. The van der Waals surface area contributed by atoms with Gasteiger partial charge in [0.2, 0.25) is 10.0 Å². The third-order valence-electron chi connectivity index (χ3n) is 2.59. The van der Waals surface area contributed by atoms with Crippen molar-refractivity contribution in [2.24, 2.45) is 0 Å². The van der Waals surface area contributed by atoms with Gasteiger partial charge in [0.1, 0.15) is 12.4 Å². The Kier molecular flexibility index (Phi) is 11.0. The molecule has 1 rings (SSSR count). The second-order valence-corrected chi connectivity index (χ2v) is 6.08. The number of alkyl halides is 2. The zero-order valence-electron chi connectivity index (χ0n) is 12.6. The number of methoxy groups -OCH3 is 1. The summed E-state index contributed by atoms with van der Waals surface area (Å²) in [6.07, 6.45) is -2.57. The van der Waals surface area contributed by atoms with Crippen LogP contribution in [-0.4, -0.2) is 54.8 Å². The molecule has 1 aromatic carbocycles. The van der Waals surface area contributed by atoms with E-state index in [2.05, 4.69) is 10.0 Å². The first-order chi connectivity index (χ1) is 10.5. The first-order valence-electron chi connectivity index (χ1n) is 6.66. The van der Waals surface area contributed by atoms with E-state index in [-0.39, 0.29) is 29.6 Å². The molecule has 0 aromatic heterocycles. The van der Waals surface area contributed by atoms with E-state index < -0.39 is 23.1 Å². The first-order valence-corrected chi connectivity index (χ1v) is 8.14. The van der Waals surface area contributed by atoms with Crippen LogP contribution < -0.4 is 14.8 Å². The second kappa shape index (κ2) is 11.5. The summed E-state index contributed by atoms with van der Waals surface area (Å²) in [6, 6.07) is 5.30. The number of benzene rings is 1. The maximum Gasteiger partial charge on any atom is 0.272 e. The van der Waals surface area contributed by atoms with Crippen LogP contribution in [0.4, 0.5) is 8.78 Å². The monoisotopic (exact) mass is 374 g/mol. The van der Waals surface area contributed by atoms with Gasteiger partial charge in [-0.2, -0.15) is 0 Å². The van der Waals surface area contributed by atoms with Gasteiger partial charge in [0, 0.05) is 26.7 Å². The maximum atomic E-state index is 12.0. The molecule has 0 fully saturated rings. The summed E-state index contributed by atoms with van der Waals surface area (Å²) in [7, 11) is -2.04. The Morgan fingerprint density at radius 3 is 2.35 bits per heavy atom. The summed E-state index contributed by atoms with van der Waals surface area (Å²) >= 11 is 0. The summed E-state index contributed by atoms with van der Waals surface area (Å²) < 4.78 is 60.0. The normalized spacial score (nSPS) is 11.3. The van der Waals surface area contributed by atoms with E-state index in [9.17, 15) is 17.2 Å². The van der Waals surface area contributed by atoms with Gasteiger partial charge in [-0.25, -0.2) is 21.9 Å². The van der Waals surface area contributed by atoms with E-state index in [4.69, 9.17) is 9.47 Å². The molecule has 0 atom stereocenters. The summed E-state index contributed by atoms with van der Waals surface area (Å²) in [5.41, 5.74) is 0. The van der Waals surface area contributed by atoms with E-state index in [0.717, 1.165) is 0 Å². The zero-order chi connectivity index (χ0) is 16.4. The van der Waals surface area contributed by atoms with Crippen molar-refractivity contribution < 1.29 is 26.7 Å². The van der Waals surface area contributed by atoms with Gasteiger partial charge < -0.3 is 14.8 Å². The molecule has 2 N–H and O–H groups in total. The van der Waals surface area contributed by atoms with Gasteiger partial charge in [-0.3, -0.25) is 0 Å². The fourth-order valence-corrected chi connectivity index (χ4v) is 2.56. The van der Waals surface area contributed by atoms with Crippen molar-refractivity contribution in [1.82, 2.24) is 10.0 Å². The van der Waals surface area contributed by atoms with Crippen LogP contribution in [0.15, 0.2) is 29.2 Å². The van der Waals surface area contributed by atoms with Crippen LogP contribution in [0, 0.1) is 0 Å². The summed E-state index contributed by atoms with van der Waals surface area (Å²) in [4.78, 5) is 0.0498. The molecule has 0 aliphatic rings. The Balaban J connectivity index is 0.00000484. The zero-order valence-corrected chi connectivity index (χ0v) is 14.3. The molecule has 0 aliphatic carbocycles. The van der Waals surface area contributed by atoms with E-state index >= 15 is 0 Å². The van der Waals surface area contributed by atoms with E-state index in [1.54, 1.807) is 7.11 Å². The van der Waals surface area contributed by atoms with Crippen molar-refractivity contribution in [3.05, 3.63) is 24.3 Å². The van der Waals surface area contributed by atoms with Crippen LogP contribution in [-0.2, 0) is 14.8 Å². The Hall–Kier alpha value is -1.00. The third kappa shape index (κ3) is 9.01. The molecule has 0 saturated carbocycles. The first kappa shape index (κ1) is 22.0. The number of hydrogen-bond donors (Lipinski definition) is 2. The second-order valence-electron chi connectivity index (χ2n) is 4.31. The Morgan fingerprint density at radius 2 is 1.78 bits per heavy atom. The highest BCUT2D eigenvalue weighted by Crippen LogP contribution is 2.16. The van der Waals surface area contributed by atoms with Crippen molar-refractivity contribution >= 4 is 22.4 Å². The predicted molar refractivity (Wildman–Crippen MR) is 85.1 cm³/mol. The fourth-order valence-electron chi connectivity index (χ4n) is 1.53. The van der Waals surface area contributed by atoms with Crippen molar-refractivity contribution in [3.63, 3.8) is 0 Å². The van der Waals surface area contributed by atoms with Gasteiger partial charge >= 0.3 is 0 Å². The van der Waals surface area contributed by atoms with Crippen LogP contribution >= 0.6 is 12.4 Å². The molecule has 0 radical (unpaired) electrons. The topological polar surface area (TPSA) is 76.7 Å². The quantitative estimate of drug-likeness (QED) is 0.570. The molecule has 10 heteroatoms. The largest absolute Gasteiger partial charge is 0.488 e. The summed E-state index contributed by atoms with van der Waals surface area (Å²) in [5.74, 6) is 0.195. The minimum absolute atomic E-state index is 0. The number of rotatable bonds is 11. The molecule has 134 valence electrons. The van der Waals surface area contributed by atoms with Crippen molar-refractivity contribution in [2.75, 3.05) is 40.0 Å². The Morgan fingerprint density at radius 1 is 1.13 bits per heavy atom. The van der Waals surface area contributed by atoms with Gasteiger partial charge in [-0.15, -0.1) is 12.4 Å². The fraction of sp³-hybridized carbons (Fsp3) is 0.538. The Bertz CT molecular complexity index is 529. The average Bonchev–Trinajstić information content (AvgIpc) is 2.49. The predicted octanol–water partition coefficient (Wildman–Crippen LogP) is 1.27. The molecule has 1 aromatic rings. The highest BCUT2D eigenvalue weighted by Gasteiger charge is 2.13. The van der Waals surface area contributed by atoms with Gasteiger partial charge in [0.15, 0.2) is 0 Å². The smallest absolute Gasteiger partial charge is 0.272 e. The average molecular weight is 375 g/mol. The van der Waals surface area contributed by atoms with Crippen molar-refractivity contribution in [2.45, 2.75) is 11.3 Å². The third-order valence-corrected chi connectivity index (χ3v) is 4.06. The van der Waals surface area contributed by atoms with Gasteiger partial charge in [-0.05, 0) is 24.3 Å². The van der Waals surface area contributed by atoms with Crippen LogP contribution in [0.5, 0.6) is 5.75 Å². The number of hydrogen-bond acceptors (Lipinski definition) is 5. The number of halogens is 3. The molecule has 0 saturated heterocycles. The molecule has 6 nitrogen and oxygen atoms in total. The molecular formula is C13H21ClF2N2O4S. The lowest BCUT2D eigenvalue weighted by Gasteiger charge is -2.09. The van der Waals surface area contributed by atoms with Gasteiger partial charge in [0.05, 0.1) is 11.5 Å². The standard InChI is InChI=1S/C13H20F2N2O4S.ClH/c1-20-9-8-16-6-7-17-22(18,19)12-4-2-11(3-5-12)21-10-13(14)15;/h2-5,13,16-17H,6-10H2,1H3;1H. The Labute approximate surface area is 141 Å². The highest BCUT2D eigenvalue weighted by molar-refractivity contribution is 7.89.